The molecule has 0 aliphatic carbocycles. The lowest BCUT2D eigenvalue weighted by Crippen LogP contribution is -2.27. The lowest BCUT2D eigenvalue weighted by Gasteiger charge is -2.10. The van der Waals surface area contributed by atoms with Crippen LogP contribution in [0, 0.1) is 5.82 Å². The Kier molecular flexibility index (Phi) is 5.85. The SMILES string of the molecule is O=C(Cc1cccs1)Nc1cnc2c(C(=O)NCc3ccc(F)cc3)cccn2c1=O. The van der Waals surface area contributed by atoms with Crippen molar-refractivity contribution in [3.8, 4) is 0 Å². The average molecular weight is 436 g/mol. The summed E-state index contributed by atoms with van der Waals surface area (Å²) >= 11 is 1.45. The van der Waals surface area contributed by atoms with E-state index < -0.39 is 11.5 Å². The van der Waals surface area contributed by atoms with E-state index >= 15 is 0 Å². The van der Waals surface area contributed by atoms with Crippen LogP contribution in [0.2, 0.25) is 0 Å². The number of hydrogen-bond acceptors (Lipinski definition) is 5. The molecule has 0 saturated carbocycles. The number of aromatic nitrogens is 2. The first-order valence-corrected chi connectivity index (χ1v) is 10.2. The summed E-state index contributed by atoms with van der Waals surface area (Å²) in [6, 6.07) is 12.6. The number of hydrogen-bond donors (Lipinski definition) is 2. The molecule has 4 rings (SSSR count). The summed E-state index contributed by atoms with van der Waals surface area (Å²) in [6.07, 6.45) is 2.89. The van der Waals surface area contributed by atoms with Gasteiger partial charge in [-0.15, -0.1) is 11.3 Å². The van der Waals surface area contributed by atoms with E-state index in [1.165, 1.54) is 40.3 Å². The minimum absolute atomic E-state index is 0.0305. The first kappa shape index (κ1) is 20.4. The zero-order valence-corrected chi connectivity index (χ0v) is 17.0. The predicted molar refractivity (Wildman–Crippen MR) is 116 cm³/mol. The van der Waals surface area contributed by atoms with E-state index in [-0.39, 0.29) is 41.6 Å². The molecule has 2 amide bonds. The molecular formula is C22H17FN4O3S. The quantitative estimate of drug-likeness (QED) is 0.486. The Hall–Kier alpha value is -3.85. The van der Waals surface area contributed by atoms with Gasteiger partial charge in [0.25, 0.3) is 11.5 Å². The molecule has 0 fully saturated rings. The Morgan fingerprint density at radius 3 is 2.65 bits per heavy atom. The number of carbonyl (C=O) groups is 2. The molecule has 7 nitrogen and oxygen atoms in total. The maximum atomic E-state index is 13.0. The van der Waals surface area contributed by atoms with Crippen LogP contribution in [-0.4, -0.2) is 21.2 Å². The van der Waals surface area contributed by atoms with Crippen LogP contribution in [0.25, 0.3) is 5.65 Å². The molecule has 2 N–H and O–H groups in total. The van der Waals surface area contributed by atoms with E-state index in [9.17, 15) is 18.8 Å². The molecule has 0 saturated heterocycles. The van der Waals surface area contributed by atoms with Crippen LogP contribution < -0.4 is 16.2 Å². The number of anilines is 1. The first-order chi connectivity index (χ1) is 15.0. The molecule has 0 aliphatic heterocycles. The molecule has 3 aromatic heterocycles. The highest BCUT2D eigenvalue weighted by molar-refractivity contribution is 7.10. The highest BCUT2D eigenvalue weighted by Crippen LogP contribution is 2.12. The molecule has 0 atom stereocenters. The summed E-state index contributed by atoms with van der Waals surface area (Å²) in [4.78, 5) is 42.8. The zero-order chi connectivity index (χ0) is 21.8. The van der Waals surface area contributed by atoms with E-state index in [0.717, 1.165) is 10.4 Å². The second-order valence-corrected chi connectivity index (χ2v) is 7.74. The second-order valence-electron chi connectivity index (χ2n) is 6.71. The van der Waals surface area contributed by atoms with Gasteiger partial charge >= 0.3 is 0 Å². The highest BCUT2D eigenvalue weighted by atomic mass is 32.1. The van der Waals surface area contributed by atoms with Crippen LogP contribution in [0.4, 0.5) is 10.1 Å². The number of halogens is 1. The van der Waals surface area contributed by atoms with Gasteiger partial charge in [0.2, 0.25) is 5.91 Å². The molecule has 0 spiro atoms. The molecule has 0 unspecified atom stereocenters. The van der Waals surface area contributed by atoms with Gasteiger partial charge in [0.15, 0.2) is 5.65 Å². The van der Waals surface area contributed by atoms with Crippen LogP contribution in [0.15, 0.2) is 71.1 Å². The van der Waals surface area contributed by atoms with Gasteiger partial charge < -0.3 is 10.6 Å². The van der Waals surface area contributed by atoms with Crippen molar-refractivity contribution in [2.24, 2.45) is 0 Å². The Morgan fingerprint density at radius 1 is 1.10 bits per heavy atom. The van der Waals surface area contributed by atoms with Crippen LogP contribution in [-0.2, 0) is 17.8 Å². The van der Waals surface area contributed by atoms with Gasteiger partial charge in [-0.2, -0.15) is 0 Å². The fourth-order valence-electron chi connectivity index (χ4n) is 3.02. The van der Waals surface area contributed by atoms with E-state index in [1.54, 1.807) is 24.3 Å². The van der Waals surface area contributed by atoms with Gasteiger partial charge in [0.05, 0.1) is 18.2 Å². The standard InChI is InChI=1S/C22H17FN4O3S/c23-15-7-5-14(6-8-15)12-25-21(29)17-4-1-9-27-20(17)24-13-18(22(27)30)26-19(28)11-16-3-2-10-31-16/h1-10,13H,11-12H2,(H,25,29)(H,26,28). The number of rotatable bonds is 6. The van der Waals surface area contributed by atoms with E-state index in [2.05, 4.69) is 15.6 Å². The summed E-state index contributed by atoms with van der Waals surface area (Å²) < 4.78 is 14.2. The monoisotopic (exact) mass is 436 g/mol. The lowest BCUT2D eigenvalue weighted by molar-refractivity contribution is -0.115. The third-order valence-electron chi connectivity index (χ3n) is 4.53. The molecular weight excluding hydrogens is 419 g/mol. The summed E-state index contributed by atoms with van der Waals surface area (Å²) in [5.41, 5.74) is 0.648. The van der Waals surface area contributed by atoms with Crippen molar-refractivity contribution in [3.05, 3.63) is 98.5 Å². The number of benzene rings is 1. The average Bonchev–Trinajstić information content (AvgIpc) is 3.27. The summed E-state index contributed by atoms with van der Waals surface area (Å²) in [5, 5.41) is 7.19. The van der Waals surface area contributed by atoms with Crippen molar-refractivity contribution in [2.45, 2.75) is 13.0 Å². The second kappa shape index (κ2) is 8.88. The van der Waals surface area contributed by atoms with Crippen LogP contribution >= 0.6 is 11.3 Å². The molecule has 0 aliphatic rings. The Balaban J connectivity index is 1.53. The molecule has 0 bridgehead atoms. The molecule has 3 heterocycles. The van der Waals surface area contributed by atoms with Gasteiger partial charge in [0.1, 0.15) is 11.5 Å². The number of carbonyl (C=O) groups excluding carboxylic acids is 2. The van der Waals surface area contributed by atoms with Crippen molar-refractivity contribution in [1.82, 2.24) is 14.7 Å². The van der Waals surface area contributed by atoms with Crippen molar-refractivity contribution in [2.75, 3.05) is 5.32 Å². The van der Waals surface area contributed by atoms with Gasteiger partial charge in [0, 0.05) is 17.6 Å². The van der Waals surface area contributed by atoms with Crippen molar-refractivity contribution in [3.63, 3.8) is 0 Å². The largest absolute Gasteiger partial charge is 0.348 e. The third kappa shape index (κ3) is 4.67. The smallest absolute Gasteiger partial charge is 0.281 e. The van der Waals surface area contributed by atoms with Crippen LogP contribution in [0.1, 0.15) is 20.8 Å². The Morgan fingerprint density at radius 2 is 1.90 bits per heavy atom. The maximum Gasteiger partial charge on any atom is 0.281 e. The number of nitrogens with one attached hydrogen (secondary N) is 2. The first-order valence-electron chi connectivity index (χ1n) is 9.36. The normalized spacial score (nSPS) is 10.7. The maximum absolute atomic E-state index is 13.0. The Bertz CT molecular complexity index is 1300. The van der Waals surface area contributed by atoms with Gasteiger partial charge in [-0.3, -0.25) is 18.8 Å². The van der Waals surface area contributed by atoms with E-state index in [0.29, 0.717) is 0 Å². The molecule has 1 aromatic carbocycles. The number of thiophene rings is 1. The molecule has 156 valence electrons. The predicted octanol–water partition coefficient (Wildman–Crippen LogP) is 3.01. The zero-order valence-electron chi connectivity index (χ0n) is 16.2. The van der Waals surface area contributed by atoms with Gasteiger partial charge in [-0.05, 0) is 41.3 Å². The number of nitrogens with zero attached hydrogens (tertiary/aromatic N) is 2. The van der Waals surface area contributed by atoms with Crippen molar-refractivity contribution in [1.29, 1.82) is 0 Å². The van der Waals surface area contributed by atoms with Crippen molar-refractivity contribution >= 4 is 34.5 Å². The van der Waals surface area contributed by atoms with E-state index in [1.807, 2.05) is 17.5 Å². The summed E-state index contributed by atoms with van der Waals surface area (Å²) in [7, 11) is 0. The topological polar surface area (TPSA) is 92.6 Å². The van der Waals surface area contributed by atoms with Crippen LogP contribution in [0.3, 0.4) is 0 Å². The highest BCUT2D eigenvalue weighted by Gasteiger charge is 2.15. The minimum Gasteiger partial charge on any atom is -0.348 e. The van der Waals surface area contributed by atoms with Gasteiger partial charge in [-0.1, -0.05) is 18.2 Å². The number of pyridine rings is 1. The number of amides is 2. The van der Waals surface area contributed by atoms with Gasteiger partial charge in [-0.25, -0.2) is 9.37 Å². The van der Waals surface area contributed by atoms with Crippen molar-refractivity contribution < 1.29 is 14.0 Å². The third-order valence-corrected chi connectivity index (χ3v) is 5.41. The fraction of sp³-hybridized carbons (Fsp3) is 0.0909. The summed E-state index contributed by atoms with van der Waals surface area (Å²) in [5.74, 6) is -1.11. The fourth-order valence-corrected chi connectivity index (χ4v) is 3.72. The lowest BCUT2D eigenvalue weighted by atomic mass is 10.2. The van der Waals surface area contributed by atoms with E-state index in [4.69, 9.17) is 0 Å². The molecule has 0 radical (unpaired) electrons. The molecule has 4 aromatic rings. The Labute approximate surface area is 180 Å². The molecule has 31 heavy (non-hydrogen) atoms. The molecule has 9 heteroatoms. The van der Waals surface area contributed by atoms with Crippen LogP contribution in [0.5, 0.6) is 0 Å². The minimum atomic E-state index is -0.488. The summed E-state index contributed by atoms with van der Waals surface area (Å²) in [6.45, 7) is 0.196. The number of fused-ring (bicyclic) bond motifs is 1.